The SMILES string of the molecule is Cc1nc2cc(OCCC3CCN(C(=O)OCc4nccs4)CC3)ccc2s1.N#Cc1ccc(-c2ccc(OCCC3CCN(C(=O)OCc4nccs4)CC3)cc2)cc1.O=C(O)C(F)(F)F. The lowest BCUT2D eigenvalue weighted by Gasteiger charge is -2.31. The second-order valence-electron chi connectivity index (χ2n) is 15.5. The van der Waals surface area contributed by atoms with Gasteiger partial charge < -0.3 is 33.9 Å². The van der Waals surface area contributed by atoms with Crippen LogP contribution in [0.3, 0.4) is 0 Å². The molecule has 2 saturated heterocycles. The number of carboxylic acid groups (broad SMARTS) is 1. The number of alkyl halides is 3. The molecule has 3 aromatic carbocycles. The number of carboxylic acids is 1. The molecule has 2 aliphatic heterocycles. The number of thiazole rings is 3. The largest absolute Gasteiger partial charge is 0.494 e. The lowest BCUT2D eigenvalue weighted by atomic mass is 9.94. The molecule has 14 nitrogen and oxygen atoms in total. The maximum atomic E-state index is 12.2. The highest BCUT2D eigenvalue weighted by atomic mass is 32.1. The lowest BCUT2D eigenvalue weighted by Crippen LogP contribution is -2.39. The Morgan fingerprint density at radius 2 is 1.21 bits per heavy atom. The molecule has 0 bridgehead atoms. The molecular weight excluding hydrogens is 930 g/mol. The molecule has 0 saturated carbocycles. The van der Waals surface area contributed by atoms with Gasteiger partial charge in [-0.2, -0.15) is 18.4 Å². The Kier molecular flexibility index (Phi) is 18.7. The number of benzene rings is 3. The van der Waals surface area contributed by atoms with Crippen LogP contribution in [-0.4, -0.2) is 93.6 Å². The number of halogens is 3. The van der Waals surface area contributed by atoms with Crippen molar-refractivity contribution in [3.8, 4) is 28.7 Å². The second kappa shape index (κ2) is 25.0. The number of fused-ring (bicyclic) bond motifs is 1. The Bertz CT molecular complexity index is 2500. The third kappa shape index (κ3) is 16.2. The van der Waals surface area contributed by atoms with Crippen LogP contribution >= 0.6 is 34.0 Å². The highest BCUT2D eigenvalue weighted by Gasteiger charge is 2.38. The zero-order chi connectivity index (χ0) is 47.6. The third-order valence-electron chi connectivity index (χ3n) is 10.9. The topological polar surface area (TPSA) is 177 Å². The molecule has 2 fully saturated rings. The zero-order valence-electron chi connectivity index (χ0n) is 36.6. The van der Waals surface area contributed by atoms with E-state index in [1.165, 1.54) is 27.4 Å². The van der Waals surface area contributed by atoms with Crippen LogP contribution < -0.4 is 9.47 Å². The molecule has 1 N–H and O–H groups in total. The number of nitrogens with zero attached hydrogens (tertiary/aromatic N) is 6. The molecule has 0 aliphatic carbocycles. The van der Waals surface area contributed by atoms with Crippen LogP contribution in [0.5, 0.6) is 11.5 Å². The number of rotatable bonds is 13. The smallest absolute Gasteiger partial charge is 0.490 e. The minimum absolute atomic E-state index is 0.239. The Hall–Kier alpha value is -6.30. The van der Waals surface area contributed by atoms with Crippen molar-refractivity contribution in [2.75, 3.05) is 39.4 Å². The van der Waals surface area contributed by atoms with E-state index in [9.17, 15) is 22.8 Å². The highest BCUT2D eigenvalue weighted by molar-refractivity contribution is 7.18. The lowest BCUT2D eigenvalue weighted by molar-refractivity contribution is -0.192. The van der Waals surface area contributed by atoms with Crippen LogP contribution in [0.2, 0.25) is 0 Å². The van der Waals surface area contributed by atoms with Gasteiger partial charge in [0.1, 0.15) is 34.7 Å². The minimum atomic E-state index is -5.08. The van der Waals surface area contributed by atoms with Crippen LogP contribution in [0.25, 0.3) is 21.3 Å². The predicted octanol–water partition coefficient (Wildman–Crippen LogP) is 11.0. The number of carbonyl (C=O) groups excluding carboxylic acids is 2. The molecule has 354 valence electrons. The summed E-state index contributed by atoms with van der Waals surface area (Å²) in [6.45, 7) is 6.80. The summed E-state index contributed by atoms with van der Waals surface area (Å²) < 4.78 is 55.5. The number of piperidine rings is 2. The van der Waals surface area contributed by atoms with Crippen molar-refractivity contribution in [2.24, 2.45) is 11.8 Å². The van der Waals surface area contributed by atoms with Crippen molar-refractivity contribution < 1.29 is 51.6 Å². The van der Waals surface area contributed by atoms with E-state index >= 15 is 0 Å². The van der Waals surface area contributed by atoms with Crippen molar-refractivity contribution in [2.45, 2.75) is 64.8 Å². The first-order valence-corrected chi connectivity index (χ1v) is 24.0. The van der Waals surface area contributed by atoms with E-state index in [4.69, 9.17) is 34.1 Å². The predicted molar refractivity (Wildman–Crippen MR) is 248 cm³/mol. The Balaban J connectivity index is 0.000000195. The molecule has 3 aromatic heterocycles. The molecule has 8 rings (SSSR count). The van der Waals surface area contributed by atoms with E-state index in [2.05, 4.69) is 27.1 Å². The molecule has 0 spiro atoms. The molecule has 0 atom stereocenters. The number of hydrogen-bond acceptors (Lipinski definition) is 14. The zero-order valence-corrected chi connectivity index (χ0v) is 39.0. The number of nitriles is 1. The van der Waals surface area contributed by atoms with Crippen LogP contribution in [0.1, 0.15) is 59.1 Å². The fourth-order valence-electron chi connectivity index (χ4n) is 7.17. The summed E-state index contributed by atoms with van der Waals surface area (Å²) in [6, 6.07) is 23.8. The molecule has 0 unspecified atom stereocenters. The number of ether oxygens (including phenoxy) is 4. The number of hydrogen-bond donors (Lipinski definition) is 1. The van der Waals surface area contributed by atoms with Crippen molar-refractivity contribution >= 4 is 62.4 Å². The molecule has 2 aliphatic rings. The fourth-order valence-corrected chi connectivity index (χ4v) is 9.03. The van der Waals surface area contributed by atoms with Gasteiger partial charge in [0, 0.05) is 55.4 Å². The monoisotopic (exact) mass is 978 g/mol. The van der Waals surface area contributed by atoms with Gasteiger partial charge in [-0.25, -0.2) is 29.3 Å². The van der Waals surface area contributed by atoms with E-state index in [0.717, 1.165) is 108 Å². The number of aromatic nitrogens is 3. The number of amides is 2. The molecular formula is C47H49F3N6O8S3. The van der Waals surface area contributed by atoms with Crippen molar-refractivity contribution in [1.29, 1.82) is 5.26 Å². The van der Waals surface area contributed by atoms with Gasteiger partial charge >= 0.3 is 24.3 Å². The van der Waals surface area contributed by atoms with Gasteiger partial charge in [-0.05, 0) is 105 Å². The minimum Gasteiger partial charge on any atom is -0.494 e. The van der Waals surface area contributed by atoms with Crippen LogP contribution in [0.4, 0.5) is 22.8 Å². The first-order chi connectivity index (χ1) is 32.3. The van der Waals surface area contributed by atoms with E-state index in [0.29, 0.717) is 30.6 Å². The first-order valence-electron chi connectivity index (χ1n) is 21.5. The summed E-state index contributed by atoms with van der Waals surface area (Å²) in [5.74, 6) is 0.100. The van der Waals surface area contributed by atoms with Gasteiger partial charge in [0.25, 0.3) is 0 Å². The van der Waals surface area contributed by atoms with E-state index < -0.39 is 12.1 Å². The highest BCUT2D eigenvalue weighted by Crippen LogP contribution is 2.28. The molecule has 6 aromatic rings. The Labute approximate surface area is 397 Å². The fraction of sp³-hybridized carbons (Fsp3) is 0.383. The van der Waals surface area contributed by atoms with Crippen molar-refractivity contribution in [1.82, 2.24) is 24.8 Å². The molecule has 67 heavy (non-hydrogen) atoms. The summed E-state index contributed by atoms with van der Waals surface area (Å²) >= 11 is 4.69. The van der Waals surface area contributed by atoms with Gasteiger partial charge in [-0.1, -0.05) is 24.3 Å². The third-order valence-corrected chi connectivity index (χ3v) is 13.3. The molecule has 20 heteroatoms. The van der Waals surface area contributed by atoms with Gasteiger partial charge in [-0.3, -0.25) is 0 Å². The molecule has 0 radical (unpaired) electrons. The number of carbonyl (C=O) groups is 3. The summed E-state index contributed by atoms with van der Waals surface area (Å²) in [4.78, 5) is 49.6. The maximum Gasteiger partial charge on any atom is 0.490 e. The first kappa shape index (κ1) is 50.1. The summed E-state index contributed by atoms with van der Waals surface area (Å²) in [7, 11) is 0. The number of aryl methyl sites for hydroxylation is 1. The van der Waals surface area contributed by atoms with Crippen LogP contribution in [0.15, 0.2) is 89.9 Å². The average Bonchev–Trinajstić information content (AvgIpc) is 4.14. The van der Waals surface area contributed by atoms with Gasteiger partial charge in [0.15, 0.2) is 0 Å². The average molecular weight is 979 g/mol. The van der Waals surface area contributed by atoms with E-state index in [-0.39, 0.29) is 25.4 Å². The van der Waals surface area contributed by atoms with Crippen molar-refractivity contribution in [3.63, 3.8) is 0 Å². The summed E-state index contributed by atoms with van der Waals surface area (Å²) in [5, 5.41) is 22.5. The standard InChI is InChI=1S/C25H25N3O3S.C20H23N3O3S2.C2HF3O2/c26-17-20-1-3-21(4-2-20)22-5-7-23(8-6-22)30-15-11-19-9-13-28(14-10-19)25(29)31-18-24-27-12-16-32-24;1-14-22-17-12-16(2-3-18(17)28-14)25-10-6-15-4-8-23(9-5-15)20(24)26-13-19-21-7-11-27-19;3-2(4,5)1(6)7/h1-8,12,16,19H,9-11,13-15,18H2;2-3,7,11-12,15H,4-6,8-10,13H2,1H3;(H,6,7). The molecule has 5 heterocycles. The quantitative estimate of drug-likeness (QED) is 0.116. The van der Waals surface area contributed by atoms with Crippen molar-refractivity contribution in [3.05, 3.63) is 110 Å². The number of aliphatic carboxylic acids is 1. The van der Waals surface area contributed by atoms with Crippen LogP contribution in [0, 0.1) is 30.1 Å². The summed E-state index contributed by atoms with van der Waals surface area (Å²) in [6.07, 6.45) is 3.73. The van der Waals surface area contributed by atoms with Gasteiger partial charge in [0.05, 0.1) is 40.1 Å². The molecule has 2 amide bonds. The maximum absolute atomic E-state index is 12.2. The van der Waals surface area contributed by atoms with E-state index in [1.807, 2.05) is 78.3 Å². The van der Waals surface area contributed by atoms with Gasteiger partial charge in [-0.15, -0.1) is 34.0 Å². The normalized spacial score (nSPS) is 14.2. The Morgan fingerprint density at radius 3 is 1.66 bits per heavy atom. The second-order valence-corrected chi connectivity index (χ2v) is 18.7. The number of likely N-dealkylation sites (tertiary alicyclic amines) is 2. The Morgan fingerprint density at radius 1 is 0.746 bits per heavy atom. The van der Waals surface area contributed by atoms with E-state index in [1.54, 1.807) is 33.5 Å². The summed E-state index contributed by atoms with van der Waals surface area (Å²) in [5.41, 5.74) is 3.83. The van der Waals surface area contributed by atoms with Gasteiger partial charge in [0.2, 0.25) is 0 Å². The van der Waals surface area contributed by atoms with Crippen LogP contribution in [-0.2, 0) is 27.5 Å².